The SMILES string of the molecule is Cc1oc(C)c(S(=O)(=O)N2CCNC(=O)C2C)c1C(=O)O. The number of aryl methyl sites for hydroxylation is 2. The molecule has 0 radical (unpaired) electrons. The highest BCUT2D eigenvalue weighted by molar-refractivity contribution is 7.89. The molecule has 0 aliphatic carbocycles. The van der Waals surface area contributed by atoms with Gasteiger partial charge < -0.3 is 14.8 Å². The minimum Gasteiger partial charge on any atom is -0.478 e. The number of nitrogens with one attached hydrogen (secondary N) is 1. The van der Waals surface area contributed by atoms with Crippen LogP contribution in [0.25, 0.3) is 0 Å². The molecule has 2 N–H and O–H groups in total. The van der Waals surface area contributed by atoms with Crippen LogP contribution in [0, 0.1) is 13.8 Å². The third-order valence-corrected chi connectivity index (χ3v) is 5.55. The van der Waals surface area contributed by atoms with E-state index in [2.05, 4.69) is 5.32 Å². The summed E-state index contributed by atoms with van der Waals surface area (Å²) in [5.41, 5.74) is -0.384. The summed E-state index contributed by atoms with van der Waals surface area (Å²) in [6, 6.07) is -0.903. The average molecular weight is 316 g/mol. The molecular formula is C12H16N2O6S. The van der Waals surface area contributed by atoms with Crippen molar-refractivity contribution in [2.75, 3.05) is 13.1 Å². The number of hydrogen-bond acceptors (Lipinski definition) is 5. The van der Waals surface area contributed by atoms with Crippen LogP contribution in [-0.4, -0.2) is 48.8 Å². The predicted octanol–water partition coefficient (Wildman–Crippen LogP) is 0.104. The quantitative estimate of drug-likeness (QED) is 0.817. The van der Waals surface area contributed by atoms with Gasteiger partial charge in [0.05, 0.1) is 0 Å². The van der Waals surface area contributed by atoms with Gasteiger partial charge in [-0.3, -0.25) is 4.79 Å². The van der Waals surface area contributed by atoms with Crippen molar-refractivity contribution in [1.82, 2.24) is 9.62 Å². The van der Waals surface area contributed by atoms with Gasteiger partial charge in [0.25, 0.3) is 0 Å². The normalized spacial score (nSPS) is 20.3. The summed E-state index contributed by atoms with van der Waals surface area (Å²) < 4.78 is 31.6. The second-order valence-corrected chi connectivity index (χ2v) is 6.63. The third-order valence-electron chi connectivity index (χ3n) is 3.43. The molecule has 8 nitrogen and oxygen atoms in total. The van der Waals surface area contributed by atoms with Crippen LogP contribution < -0.4 is 5.32 Å². The summed E-state index contributed by atoms with van der Waals surface area (Å²) >= 11 is 0. The number of amides is 1. The zero-order valence-electron chi connectivity index (χ0n) is 11.8. The first-order chi connectivity index (χ1) is 9.67. The van der Waals surface area contributed by atoms with Gasteiger partial charge in [0, 0.05) is 13.1 Å². The Morgan fingerprint density at radius 2 is 2.00 bits per heavy atom. The molecule has 0 saturated carbocycles. The number of piperazine rings is 1. The molecule has 9 heteroatoms. The first-order valence-corrected chi connectivity index (χ1v) is 7.74. The molecule has 116 valence electrons. The highest BCUT2D eigenvalue weighted by Crippen LogP contribution is 2.30. The van der Waals surface area contributed by atoms with Gasteiger partial charge in [-0.2, -0.15) is 4.31 Å². The van der Waals surface area contributed by atoms with Crippen LogP contribution in [0.5, 0.6) is 0 Å². The number of nitrogens with zero attached hydrogens (tertiary/aromatic N) is 1. The molecular weight excluding hydrogens is 300 g/mol. The highest BCUT2D eigenvalue weighted by atomic mass is 32.2. The fourth-order valence-electron chi connectivity index (χ4n) is 2.43. The zero-order chi connectivity index (χ0) is 15.9. The van der Waals surface area contributed by atoms with Crippen LogP contribution in [0.3, 0.4) is 0 Å². The van der Waals surface area contributed by atoms with E-state index in [-0.39, 0.29) is 35.1 Å². The molecule has 21 heavy (non-hydrogen) atoms. The van der Waals surface area contributed by atoms with Crippen molar-refractivity contribution < 1.29 is 27.5 Å². The summed E-state index contributed by atoms with van der Waals surface area (Å²) in [6.45, 7) is 4.50. The molecule has 1 aromatic rings. The van der Waals surface area contributed by atoms with Crippen LogP contribution in [0.1, 0.15) is 28.8 Å². The number of hydrogen-bond donors (Lipinski definition) is 2. The Labute approximate surface area is 121 Å². The Morgan fingerprint density at radius 1 is 1.38 bits per heavy atom. The Bertz CT molecular complexity index is 706. The molecule has 1 aliphatic rings. The average Bonchev–Trinajstić information content (AvgIpc) is 2.68. The summed E-state index contributed by atoms with van der Waals surface area (Å²) in [4.78, 5) is 22.6. The summed E-state index contributed by atoms with van der Waals surface area (Å²) in [6.07, 6.45) is 0. The molecule has 2 heterocycles. The first-order valence-electron chi connectivity index (χ1n) is 6.30. The van der Waals surface area contributed by atoms with E-state index in [1.54, 1.807) is 0 Å². The molecule has 0 bridgehead atoms. The number of carboxylic acid groups (broad SMARTS) is 1. The molecule has 1 atom stereocenters. The Hall–Kier alpha value is -1.87. The lowest BCUT2D eigenvalue weighted by Gasteiger charge is -2.31. The fourth-order valence-corrected chi connectivity index (χ4v) is 4.40. The lowest BCUT2D eigenvalue weighted by atomic mass is 10.2. The van der Waals surface area contributed by atoms with Crippen molar-refractivity contribution in [3.63, 3.8) is 0 Å². The Kier molecular flexibility index (Phi) is 3.81. The van der Waals surface area contributed by atoms with Crippen molar-refractivity contribution in [3.8, 4) is 0 Å². The topological polar surface area (TPSA) is 117 Å². The van der Waals surface area contributed by atoms with E-state index in [9.17, 15) is 23.1 Å². The van der Waals surface area contributed by atoms with E-state index >= 15 is 0 Å². The Morgan fingerprint density at radius 3 is 2.57 bits per heavy atom. The van der Waals surface area contributed by atoms with Crippen molar-refractivity contribution in [3.05, 3.63) is 17.1 Å². The Balaban J connectivity index is 2.60. The maximum Gasteiger partial charge on any atom is 0.340 e. The number of carbonyl (C=O) groups is 2. The van der Waals surface area contributed by atoms with Crippen molar-refractivity contribution >= 4 is 21.9 Å². The van der Waals surface area contributed by atoms with Gasteiger partial charge in [-0.25, -0.2) is 13.2 Å². The standard InChI is InChI=1S/C12H16N2O6S/c1-6-11(15)13-4-5-14(6)21(18,19)10-8(3)20-7(2)9(10)12(16)17/h6H,4-5H2,1-3H3,(H,13,15)(H,16,17). The molecule has 0 spiro atoms. The molecule has 1 fully saturated rings. The summed E-state index contributed by atoms with van der Waals surface area (Å²) in [5.74, 6) is -1.77. The fraction of sp³-hybridized carbons (Fsp3) is 0.500. The monoisotopic (exact) mass is 316 g/mol. The number of rotatable bonds is 3. The summed E-state index contributed by atoms with van der Waals surface area (Å²) in [7, 11) is -4.13. The minimum atomic E-state index is -4.13. The second-order valence-electron chi connectivity index (χ2n) is 4.81. The maximum absolute atomic E-state index is 12.7. The van der Waals surface area contributed by atoms with E-state index in [0.717, 1.165) is 4.31 Å². The second kappa shape index (κ2) is 5.15. The van der Waals surface area contributed by atoms with Crippen LogP contribution >= 0.6 is 0 Å². The smallest absolute Gasteiger partial charge is 0.340 e. The van der Waals surface area contributed by atoms with Gasteiger partial charge in [0.2, 0.25) is 15.9 Å². The van der Waals surface area contributed by atoms with Crippen LogP contribution in [0.15, 0.2) is 9.31 Å². The highest BCUT2D eigenvalue weighted by Gasteiger charge is 2.40. The van der Waals surface area contributed by atoms with E-state index in [4.69, 9.17) is 4.42 Å². The number of aromatic carboxylic acids is 1. The lowest BCUT2D eigenvalue weighted by molar-refractivity contribution is -0.126. The van der Waals surface area contributed by atoms with E-state index in [0.29, 0.717) is 0 Å². The van der Waals surface area contributed by atoms with Gasteiger partial charge in [0.15, 0.2) is 0 Å². The van der Waals surface area contributed by atoms with Gasteiger partial charge >= 0.3 is 5.97 Å². The number of sulfonamides is 1. The maximum atomic E-state index is 12.7. The molecule has 1 saturated heterocycles. The molecule has 1 aromatic heterocycles. The minimum absolute atomic E-state index is 0.00285. The van der Waals surface area contributed by atoms with Crippen LogP contribution in [-0.2, 0) is 14.8 Å². The molecule has 0 aromatic carbocycles. The van der Waals surface area contributed by atoms with E-state index in [1.807, 2.05) is 0 Å². The first kappa shape index (κ1) is 15.5. The molecule has 1 unspecified atom stereocenters. The van der Waals surface area contributed by atoms with Gasteiger partial charge in [-0.05, 0) is 20.8 Å². The zero-order valence-corrected chi connectivity index (χ0v) is 12.7. The molecule has 1 amide bonds. The van der Waals surface area contributed by atoms with Crippen molar-refractivity contribution in [1.29, 1.82) is 0 Å². The van der Waals surface area contributed by atoms with Gasteiger partial charge in [0.1, 0.15) is 28.0 Å². The van der Waals surface area contributed by atoms with Gasteiger partial charge in [-0.1, -0.05) is 0 Å². The van der Waals surface area contributed by atoms with Crippen molar-refractivity contribution in [2.24, 2.45) is 0 Å². The van der Waals surface area contributed by atoms with Crippen LogP contribution in [0.4, 0.5) is 0 Å². The lowest BCUT2D eigenvalue weighted by Crippen LogP contribution is -2.55. The largest absolute Gasteiger partial charge is 0.478 e. The van der Waals surface area contributed by atoms with E-state index in [1.165, 1.54) is 20.8 Å². The molecule has 2 rings (SSSR count). The summed E-state index contributed by atoms with van der Waals surface area (Å²) in [5, 5.41) is 11.8. The van der Waals surface area contributed by atoms with Crippen LogP contribution in [0.2, 0.25) is 0 Å². The number of carboxylic acids is 1. The molecule has 1 aliphatic heterocycles. The van der Waals surface area contributed by atoms with Crippen molar-refractivity contribution in [2.45, 2.75) is 31.7 Å². The number of carbonyl (C=O) groups excluding carboxylic acids is 1. The third kappa shape index (κ3) is 2.42. The van der Waals surface area contributed by atoms with E-state index < -0.39 is 27.9 Å². The van der Waals surface area contributed by atoms with Gasteiger partial charge in [-0.15, -0.1) is 0 Å². The number of furan rings is 1. The predicted molar refractivity (Wildman–Crippen MR) is 71.5 cm³/mol.